The minimum Gasteiger partial charge on any atom is -0.393 e. The van der Waals surface area contributed by atoms with Crippen molar-refractivity contribution in [1.82, 2.24) is 9.97 Å². The second kappa shape index (κ2) is 7.50. The van der Waals surface area contributed by atoms with E-state index in [-0.39, 0.29) is 18.8 Å². The number of halogens is 2. The Balaban J connectivity index is 2.34. The summed E-state index contributed by atoms with van der Waals surface area (Å²) in [6.45, 7) is -0.0258. The fraction of sp³-hybridized carbons (Fsp3) is 0.143. The number of rotatable bonds is 5. The average molecular weight is 348 g/mol. The molecule has 1 aromatic heterocycles. The normalized spacial score (nSPS) is 9.74. The Labute approximate surface area is 142 Å². The van der Waals surface area contributed by atoms with Crippen LogP contribution in [0.2, 0.25) is 10.0 Å². The zero-order valence-corrected chi connectivity index (χ0v) is 13.3. The summed E-state index contributed by atoms with van der Waals surface area (Å²) in [7, 11) is 0. The van der Waals surface area contributed by atoms with Gasteiger partial charge in [-0.3, -0.25) is 0 Å². The molecule has 0 saturated heterocycles. The first kappa shape index (κ1) is 16.6. The zero-order valence-electron chi connectivity index (χ0n) is 11.8. The molecular weight excluding hydrogens is 337 g/mol. The lowest BCUT2D eigenvalue weighted by Gasteiger charge is -2.20. The molecule has 0 atom stereocenters. The molecular formula is C14H11Cl2N7. The van der Waals surface area contributed by atoms with Crippen LogP contribution in [0.5, 0.6) is 0 Å². The maximum absolute atomic E-state index is 8.85. The van der Waals surface area contributed by atoms with Gasteiger partial charge in [-0.05, 0) is 18.2 Å². The predicted molar refractivity (Wildman–Crippen MR) is 89.6 cm³/mol. The minimum atomic E-state index is -0.0129. The number of nitrogen functional groups attached to an aromatic ring is 1. The van der Waals surface area contributed by atoms with Crippen molar-refractivity contribution >= 4 is 46.2 Å². The molecule has 1 heterocycles. The van der Waals surface area contributed by atoms with E-state index >= 15 is 0 Å². The Hall–Kier alpha value is -2.74. The van der Waals surface area contributed by atoms with Crippen molar-refractivity contribution < 1.29 is 0 Å². The van der Waals surface area contributed by atoms with Crippen molar-refractivity contribution in [2.45, 2.75) is 0 Å². The third-order valence-electron chi connectivity index (χ3n) is 2.87. The van der Waals surface area contributed by atoms with E-state index < -0.39 is 0 Å². The highest BCUT2D eigenvalue weighted by Gasteiger charge is 2.15. The number of hydrogen-bond donors (Lipinski definition) is 2. The smallest absolute Gasteiger partial charge is 0.159 e. The number of anilines is 4. The van der Waals surface area contributed by atoms with Gasteiger partial charge in [0.25, 0.3) is 0 Å². The summed E-state index contributed by atoms with van der Waals surface area (Å²) in [5.74, 6) is 0.653. The van der Waals surface area contributed by atoms with E-state index in [4.69, 9.17) is 39.5 Å². The molecule has 1 aromatic carbocycles. The van der Waals surface area contributed by atoms with Crippen molar-refractivity contribution in [3.05, 3.63) is 34.6 Å². The summed E-state index contributed by atoms with van der Waals surface area (Å²) in [6, 6.07) is 8.93. The number of nitriles is 2. The van der Waals surface area contributed by atoms with Gasteiger partial charge in [0.2, 0.25) is 0 Å². The van der Waals surface area contributed by atoms with Crippen molar-refractivity contribution in [3.8, 4) is 12.1 Å². The first-order valence-electron chi connectivity index (χ1n) is 6.38. The van der Waals surface area contributed by atoms with Crippen LogP contribution in [0.4, 0.5) is 23.0 Å². The number of benzene rings is 1. The average Bonchev–Trinajstić information content (AvgIpc) is 2.53. The molecule has 3 N–H and O–H groups in total. The SMILES string of the molecule is N#CCN(CC#N)c1ncnc(Nc2ccc(Cl)c(Cl)c2)c1N. The number of nitrogens with two attached hydrogens (primary N) is 1. The summed E-state index contributed by atoms with van der Waals surface area (Å²) in [4.78, 5) is 9.58. The minimum absolute atomic E-state index is 0.0129. The van der Waals surface area contributed by atoms with Gasteiger partial charge in [0.15, 0.2) is 11.6 Å². The van der Waals surface area contributed by atoms with E-state index in [1.807, 2.05) is 12.1 Å². The van der Waals surface area contributed by atoms with Crippen LogP contribution < -0.4 is 16.0 Å². The maximum atomic E-state index is 8.85. The van der Waals surface area contributed by atoms with Crippen molar-refractivity contribution in [3.63, 3.8) is 0 Å². The fourth-order valence-electron chi connectivity index (χ4n) is 1.82. The molecule has 116 valence electrons. The Morgan fingerprint density at radius 1 is 1.13 bits per heavy atom. The Kier molecular flexibility index (Phi) is 5.42. The molecule has 0 radical (unpaired) electrons. The van der Waals surface area contributed by atoms with Crippen LogP contribution in [0.3, 0.4) is 0 Å². The molecule has 0 aliphatic rings. The highest BCUT2D eigenvalue weighted by molar-refractivity contribution is 6.42. The number of hydrogen-bond acceptors (Lipinski definition) is 7. The molecule has 0 fully saturated rings. The third kappa shape index (κ3) is 3.92. The second-order valence-corrected chi connectivity index (χ2v) is 5.20. The highest BCUT2D eigenvalue weighted by Crippen LogP contribution is 2.31. The van der Waals surface area contributed by atoms with Crippen LogP contribution in [0.25, 0.3) is 0 Å². The van der Waals surface area contributed by atoms with E-state index in [0.717, 1.165) is 0 Å². The number of aromatic nitrogens is 2. The van der Waals surface area contributed by atoms with Crippen molar-refractivity contribution in [2.75, 3.05) is 29.0 Å². The summed E-state index contributed by atoms with van der Waals surface area (Å²) in [5, 5.41) is 21.5. The molecule has 0 aliphatic heterocycles. The molecule has 0 aliphatic carbocycles. The molecule has 0 spiro atoms. The van der Waals surface area contributed by atoms with Crippen molar-refractivity contribution in [1.29, 1.82) is 10.5 Å². The molecule has 9 heteroatoms. The molecule has 2 rings (SSSR count). The molecule has 23 heavy (non-hydrogen) atoms. The van der Waals surface area contributed by atoms with E-state index in [1.165, 1.54) is 11.2 Å². The van der Waals surface area contributed by atoms with E-state index in [0.29, 0.717) is 27.4 Å². The topological polar surface area (TPSA) is 115 Å². The molecule has 2 aromatic rings. The fourth-order valence-corrected chi connectivity index (χ4v) is 2.12. The van der Waals surface area contributed by atoms with Gasteiger partial charge in [0.05, 0.1) is 22.2 Å². The molecule has 7 nitrogen and oxygen atoms in total. The van der Waals surface area contributed by atoms with E-state index in [9.17, 15) is 0 Å². The quantitative estimate of drug-likeness (QED) is 0.798. The van der Waals surface area contributed by atoms with Gasteiger partial charge in [-0.25, -0.2) is 9.97 Å². The monoisotopic (exact) mass is 347 g/mol. The van der Waals surface area contributed by atoms with Gasteiger partial charge < -0.3 is 16.0 Å². The standard InChI is InChI=1S/C14H11Cl2N7/c15-10-2-1-9(7-11(10)16)22-13-12(19)14(21-8-20-13)23(5-3-17)6-4-18/h1-2,7-8H,5-6,19H2,(H,20,21,22). The lowest BCUT2D eigenvalue weighted by Crippen LogP contribution is -2.26. The van der Waals surface area contributed by atoms with E-state index in [2.05, 4.69) is 15.3 Å². The summed E-state index contributed by atoms with van der Waals surface area (Å²) in [6.07, 6.45) is 1.30. The van der Waals surface area contributed by atoms with Gasteiger partial charge in [0, 0.05) is 5.69 Å². The third-order valence-corrected chi connectivity index (χ3v) is 3.61. The predicted octanol–water partition coefficient (Wildman–Crippen LogP) is 2.96. The highest BCUT2D eigenvalue weighted by atomic mass is 35.5. The first-order valence-corrected chi connectivity index (χ1v) is 7.13. The van der Waals surface area contributed by atoms with Gasteiger partial charge in [-0.1, -0.05) is 23.2 Å². The molecule has 0 unspecified atom stereocenters. The Bertz CT molecular complexity index is 779. The summed E-state index contributed by atoms with van der Waals surface area (Å²) >= 11 is 11.8. The van der Waals surface area contributed by atoms with Gasteiger partial charge >= 0.3 is 0 Å². The van der Waals surface area contributed by atoms with Gasteiger partial charge in [-0.2, -0.15) is 10.5 Å². The van der Waals surface area contributed by atoms with Crippen LogP contribution in [-0.4, -0.2) is 23.1 Å². The first-order chi connectivity index (χ1) is 11.1. The van der Waals surface area contributed by atoms with Crippen LogP contribution >= 0.6 is 23.2 Å². The van der Waals surface area contributed by atoms with Gasteiger partial charge in [-0.15, -0.1) is 0 Å². The Morgan fingerprint density at radius 3 is 2.43 bits per heavy atom. The molecule has 0 bridgehead atoms. The number of nitrogens with one attached hydrogen (secondary N) is 1. The molecule has 0 saturated carbocycles. The summed E-state index contributed by atoms with van der Waals surface area (Å²) < 4.78 is 0. The summed E-state index contributed by atoms with van der Waals surface area (Å²) in [5.41, 5.74) is 6.92. The van der Waals surface area contributed by atoms with Crippen LogP contribution in [0.15, 0.2) is 24.5 Å². The van der Waals surface area contributed by atoms with Crippen LogP contribution in [0.1, 0.15) is 0 Å². The maximum Gasteiger partial charge on any atom is 0.159 e. The Morgan fingerprint density at radius 2 is 1.83 bits per heavy atom. The van der Waals surface area contributed by atoms with E-state index in [1.54, 1.807) is 18.2 Å². The largest absolute Gasteiger partial charge is 0.393 e. The second-order valence-electron chi connectivity index (χ2n) is 4.39. The molecule has 0 amide bonds. The lowest BCUT2D eigenvalue weighted by molar-refractivity contribution is 0.930. The van der Waals surface area contributed by atoms with Crippen molar-refractivity contribution in [2.24, 2.45) is 0 Å². The van der Waals surface area contributed by atoms with Gasteiger partial charge in [0.1, 0.15) is 25.1 Å². The number of nitrogens with zero attached hydrogens (tertiary/aromatic N) is 5. The lowest BCUT2D eigenvalue weighted by atomic mass is 10.3. The zero-order chi connectivity index (χ0) is 16.8. The van der Waals surface area contributed by atoms with Crippen LogP contribution in [-0.2, 0) is 0 Å². The van der Waals surface area contributed by atoms with Crippen LogP contribution in [0, 0.1) is 22.7 Å².